The molecule has 1 atom stereocenters. The highest BCUT2D eigenvalue weighted by Gasteiger charge is 2.56. The van der Waals surface area contributed by atoms with E-state index in [-0.39, 0.29) is 11.8 Å². The zero-order valence-electron chi connectivity index (χ0n) is 8.67. The number of para-hydroxylation sites is 2. The first kappa shape index (κ1) is 11.6. The molecule has 3 nitrogen and oxygen atoms in total. The molecule has 0 spiro atoms. The zero-order chi connectivity index (χ0) is 11.8. The Balaban J connectivity index is 2.07. The van der Waals surface area contributed by atoms with Crippen molar-refractivity contribution in [2.45, 2.75) is 10.8 Å². The molecule has 1 fully saturated rings. The van der Waals surface area contributed by atoms with Gasteiger partial charge in [-0.15, -0.1) is 23.2 Å². The first-order valence-electron chi connectivity index (χ1n) is 4.86. The second-order valence-electron chi connectivity index (χ2n) is 3.71. The summed E-state index contributed by atoms with van der Waals surface area (Å²) in [5.74, 6) is 0.112. The van der Waals surface area contributed by atoms with E-state index in [1.54, 1.807) is 19.2 Å². The fourth-order valence-electron chi connectivity index (χ4n) is 1.47. The van der Waals surface area contributed by atoms with Crippen LogP contribution in [-0.2, 0) is 4.79 Å². The van der Waals surface area contributed by atoms with E-state index in [1.165, 1.54) is 0 Å². The molecule has 1 aromatic rings. The second kappa shape index (κ2) is 4.15. The van der Waals surface area contributed by atoms with Gasteiger partial charge in [-0.3, -0.25) is 4.79 Å². The van der Waals surface area contributed by atoms with Gasteiger partial charge in [-0.05, 0) is 18.6 Å². The van der Waals surface area contributed by atoms with Gasteiger partial charge < -0.3 is 10.1 Å². The number of hydrogen-bond acceptors (Lipinski definition) is 2. The molecule has 86 valence electrons. The third-order valence-electron chi connectivity index (χ3n) is 2.51. The summed E-state index contributed by atoms with van der Waals surface area (Å²) >= 11 is 11.6. The Morgan fingerprint density at radius 1 is 1.50 bits per heavy atom. The number of ether oxygens (including phenoxy) is 1. The molecule has 1 aliphatic rings. The van der Waals surface area contributed by atoms with Gasteiger partial charge in [0.1, 0.15) is 10.1 Å². The van der Waals surface area contributed by atoms with E-state index in [1.807, 2.05) is 12.1 Å². The first-order chi connectivity index (χ1) is 7.54. The van der Waals surface area contributed by atoms with Crippen LogP contribution < -0.4 is 10.1 Å². The predicted octanol–water partition coefficient (Wildman–Crippen LogP) is 2.83. The van der Waals surface area contributed by atoms with Crippen LogP contribution in [0.4, 0.5) is 5.69 Å². The van der Waals surface area contributed by atoms with Crippen molar-refractivity contribution in [1.29, 1.82) is 0 Å². The maximum Gasteiger partial charge on any atom is 0.230 e. The van der Waals surface area contributed by atoms with Crippen molar-refractivity contribution >= 4 is 34.8 Å². The molecule has 0 radical (unpaired) electrons. The molecule has 1 amide bonds. The minimum Gasteiger partial charge on any atom is -0.495 e. The number of benzene rings is 1. The van der Waals surface area contributed by atoms with E-state index in [0.29, 0.717) is 17.9 Å². The minimum atomic E-state index is -0.897. The minimum absolute atomic E-state index is 0.172. The SMILES string of the molecule is COc1ccccc1NC(=O)C1CC1(Cl)Cl. The van der Waals surface area contributed by atoms with Gasteiger partial charge >= 0.3 is 0 Å². The van der Waals surface area contributed by atoms with E-state index < -0.39 is 4.33 Å². The molecule has 1 aliphatic carbocycles. The van der Waals surface area contributed by atoms with Crippen LogP contribution in [0.5, 0.6) is 5.75 Å². The van der Waals surface area contributed by atoms with E-state index in [4.69, 9.17) is 27.9 Å². The van der Waals surface area contributed by atoms with Gasteiger partial charge in [0.2, 0.25) is 5.91 Å². The quantitative estimate of drug-likeness (QED) is 0.848. The van der Waals surface area contributed by atoms with Crippen LogP contribution in [0, 0.1) is 5.92 Å². The Morgan fingerprint density at radius 2 is 2.12 bits per heavy atom. The summed E-state index contributed by atoms with van der Waals surface area (Å²) in [6.45, 7) is 0. The lowest BCUT2D eigenvalue weighted by atomic mass is 10.2. The number of methoxy groups -OCH3 is 1. The van der Waals surface area contributed by atoms with Crippen molar-refractivity contribution in [1.82, 2.24) is 0 Å². The summed E-state index contributed by atoms with van der Waals surface area (Å²) < 4.78 is 4.22. The third kappa shape index (κ3) is 2.25. The van der Waals surface area contributed by atoms with Gasteiger partial charge in [-0.25, -0.2) is 0 Å². The molecule has 0 aromatic heterocycles. The van der Waals surface area contributed by atoms with Crippen LogP contribution in [0.1, 0.15) is 6.42 Å². The zero-order valence-corrected chi connectivity index (χ0v) is 10.2. The number of halogens is 2. The number of amides is 1. The Bertz CT molecular complexity index is 420. The van der Waals surface area contributed by atoms with E-state index >= 15 is 0 Å². The Morgan fingerprint density at radius 3 is 2.69 bits per heavy atom. The number of rotatable bonds is 3. The molecular formula is C11H11Cl2NO2. The maximum absolute atomic E-state index is 11.7. The monoisotopic (exact) mass is 259 g/mol. The predicted molar refractivity (Wildman–Crippen MR) is 64.2 cm³/mol. The lowest BCUT2D eigenvalue weighted by molar-refractivity contribution is -0.117. The van der Waals surface area contributed by atoms with Crippen LogP contribution in [0.2, 0.25) is 0 Å². The van der Waals surface area contributed by atoms with Crippen molar-refractivity contribution in [3.8, 4) is 5.75 Å². The van der Waals surface area contributed by atoms with Crippen molar-refractivity contribution in [2.24, 2.45) is 5.92 Å². The molecule has 2 rings (SSSR count). The number of nitrogens with one attached hydrogen (secondary N) is 1. The van der Waals surface area contributed by atoms with Crippen LogP contribution >= 0.6 is 23.2 Å². The molecule has 0 heterocycles. The van der Waals surface area contributed by atoms with E-state index in [2.05, 4.69) is 5.32 Å². The lowest BCUT2D eigenvalue weighted by Crippen LogP contribution is -2.17. The lowest BCUT2D eigenvalue weighted by Gasteiger charge is -2.09. The number of hydrogen-bond donors (Lipinski definition) is 1. The van der Waals surface area contributed by atoms with Gasteiger partial charge in [-0.2, -0.15) is 0 Å². The Kier molecular flexibility index (Phi) is 3.00. The Labute approximate surface area is 104 Å². The average Bonchev–Trinajstić information content (AvgIpc) is 2.89. The van der Waals surface area contributed by atoms with Crippen LogP contribution in [0.25, 0.3) is 0 Å². The van der Waals surface area contributed by atoms with Crippen molar-refractivity contribution < 1.29 is 9.53 Å². The molecular weight excluding hydrogens is 249 g/mol. The fourth-order valence-corrected chi connectivity index (χ4v) is 1.97. The molecule has 0 saturated heterocycles. The molecule has 1 saturated carbocycles. The van der Waals surface area contributed by atoms with Crippen LogP contribution in [0.3, 0.4) is 0 Å². The summed E-state index contributed by atoms with van der Waals surface area (Å²) in [7, 11) is 1.55. The van der Waals surface area contributed by atoms with Crippen LogP contribution in [0.15, 0.2) is 24.3 Å². The number of carbonyl (C=O) groups is 1. The smallest absolute Gasteiger partial charge is 0.230 e. The van der Waals surface area contributed by atoms with Gasteiger partial charge in [0.25, 0.3) is 0 Å². The molecule has 1 aromatic carbocycles. The van der Waals surface area contributed by atoms with Gasteiger partial charge in [0.15, 0.2) is 0 Å². The molecule has 16 heavy (non-hydrogen) atoms. The standard InChI is InChI=1S/C11H11Cl2NO2/c1-16-9-5-3-2-4-8(9)14-10(15)7-6-11(7,12)13/h2-5,7H,6H2,1H3,(H,14,15). The highest BCUT2D eigenvalue weighted by atomic mass is 35.5. The number of carbonyl (C=O) groups excluding carboxylic acids is 1. The maximum atomic E-state index is 11.7. The van der Waals surface area contributed by atoms with Gasteiger partial charge in [0.05, 0.1) is 18.7 Å². The number of alkyl halides is 2. The molecule has 1 N–H and O–H groups in total. The summed E-state index contributed by atoms with van der Waals surface area (Å²) in [4.78, 5) is 11.7. The van der Waals surface area contributed by atoms with E-state index in [0.717, 1.165) is 0 Å². The average molecular weight is 260 g/mol. The topological polar surface area (TPSA) is 38.3 Å². The summed E-state index contributed by atoms with van der Waals surface area (Å²) in [5.41, 5.74) is 0.631. The third-order valence-corrected chi connectivity index (χ3v) is 3.34. The highest BCUT2D eigenvalue weighted by molar-refractivity contribution is 6.52. The van der Waals surface area contributed by atoms with Crippen LogP contribution in [-0.4, -0.2) is 17.4 Å². The van der Waals surface area contributed by atoms with Gasteiger partial charge in [0, 0.05) is 0 Å². The second-order valence-corrected chi connectivity index (χ2v) is 5.25. The summed E-state index contributed by atoms with van der Waals surface area (Å²) in [5, 5.41) is 2.75. The Hall–Kier alpha value is -0.930. The fraction of sp³-hybridized carbons (Fsp3) is 0.364. The highest BCUT2D eigenvalue weighted by Crippen LogP contribution is 2.53. The molecule has 5 heteroatoms. The van der Waals surface area contributed by atoms with Gasteiger partial charge in [-0.1, -0.05) is 12.1 Å². The molecule has 1 unspecified atom stereocenters. The summed E-state index contributed by atoms with van der Waals surface area (Å²) in [6, 6.07) is 7.19. The van der Waals surface area contributed by atoms with Crippen molar-refractivity contribution in [3.63, 3.8) is 0 Å². The summed E-state index contributed by atoms with van der Waals surface area (Å²) in [6.07, 6.45) is 0.497. The van der Waals surface area contributed by atoms with Crippen molar-refractivity contribution in [2.75, 3.05) is 12.4 Å². The van der Waals surface area contributed by atoms with E-state index in [9.17, 15) is 4.79 Å². The number of anilines is 1. The first-order valence-corrected chi connectivity index (χ1v) is 5.62. The molecule has 0 bridgehead atoms. The normalized spacial score (nSPS) is 21.3. The molecule has 0 aliphatic heterocycles. The largest absolute Gasteiger partial charge is 0.495 e. The van der Waals surface area contributed by atoms with Crippen molar-refractivity contribution in [3.05, 3.63) is 24.3 Å².